The van der Waals surface area contributed by atoms with Crippen LogP contribution in [0, 0.1) is 0 Å². The number of nitrogens with one attached hydrogen (secondary N) is 1. The SMILES string of the molecule is CCc1ccc(S(=O)(=O)Nc2nccc(Cl)n2)cc1. The van der Waals surface area contributed by atoms with Crippen molar-refractivity contribution in [3.8, 4) is 0 Å². The Labute approximate surface area is 116 Å². The smallest absolute Gasteiger partial charge is 0.247 e. The van der Waals surface area contributed by atoms with Crippen molar-refractivity contribution in [3.05, 3.63) is 47.2 Å². The van der Waals surface area contributed by atoms with E-state index in [9.17, 15) is 8.42 Å². The van der Waals surface area contributed by atoms with E-state index in [0.29, 0.717) is 0 Å². The molecule has 0 amide bonds. The molecule has 0 spiro atoms. The van der Waals surface area contributed by atoms with E-state index in [1.54, 1.807) is 24.3 Å². The minimum Gasteiger partial charge on any atom is -0.247 e. The van der Waals surface area contributed by atoms with Crippen molar-refractivity contribution in [2.24, 2.45) is 0 Å². The van der Waals surface area contributed by atoms with E-state index in [4.69, 9.17) is 11.6 Å². The predicted octanol–water partition coefficient (Wildman–Crippen LogP) is 2.49. The van der Waals surface area contributed by atoms with E-state index in [1.165, 1.54) is 12.3 Å². The van der Waals surface area contributed by atoms with E-state index < -0.39 is 10.0 Å². The summed E-state index contributed by atoms with van der Waals surface area (Å²) in [7, 11) is -3.69. The first kappa shape index (κ1) is 13.8. The average Bonchev–Trinajstić information content (AvgIpc) is 2.38. The summed E-state index contributed by atoms with van der Waals surface area (Å²) in [5, 5.41) is 0.175. The van der Waals surface area contributed by atoms with Gasteiger partial charge < -0.3 is 0 Å². The number of anilines is 1. The Morgan fingerprint density at radius 3 is 2.47 bits per heavy atom. The molecule has 0 saturated heterocycles. The molecule has 100 valence electrons. The first-order chi connectivity index (χ1) is 9.01. The summed E-state index contributed by atoms with van der Waals surface area (Å²) < 4.78 is 26.4. The van der Waals surface area contributed by atoms with Gasteiger partial charge in [-0.3, -0.25) is 0 Å². The zero-order valence-electron chi connectivity index (χ0n) is 10.2. The van der Waals surface area contributed by atoms with Gasteiger partial charge in [0.2, 0.25) is 5.95 Å². The van der Waals surface area contributed by atoms with Gasteiger partial charge in [0.25, 0.3) is 10.0 Å². The number of hydrogen-bond acceptors (Lipinski definition) is 4. The molecule has 1 heterocycles. The van der Waals surface area contributed by atoms with Gasteiger partial charge in [0.05, 0.1) is 4.90 Å². The number of hydrogen-bond donors (Lipinski definition) is 1. The van der Waals surface area contributed by atoms with Gasteiger partial charge in [-0.15, -0.1) is 0 Å². The van der Waals surface area contributed by atoms with E-state index in [2.05, 4.69) is 14.7 Å². The molecule has 0 bridgehead atoms. The number of benzene rings is 1. The molecule has 0 aliphatic carbocycles. The lowest BCUT2D eigenvalue weighted by Gasteiger charge is -2.07. The van der Waals surface area contributed by atoms with Crippen LogP contribution >= 0.6 is 11.6 Å². The molecule has 2 rings (SSSR count). The molecule has 19 heavy (non-hydrogen) atoms. The van der Waals surface area contributed by atoms with E-state index in [-0.39, 0.29) is 16.0 Å². The molecule has 7 heteroatoms. The van der Waals surface area contributed by atoms with Gasteiger partial charge in [-0.1, -0.05) is 30.7 Å². The fourth-order valence-electron chi connectivity index (χ4n) is 1.47. The monoisotopic (exact) mass is 297 g/mol. The van der Waals surface area contributed by atoms with Gasteiger partial charge in [0.15, 0.2) is 0 Å². The maximum Gasteiger partial charge on any atom is 0.264 e. The van der Waals surface area contributed by atoms with Crippen molar-refractivity contribution in [2.75, 3.05) is 4.72 Å². The van der Waals surface area contributed by atoms with Crippen LogP contribution in [0.15, 0.2) is 41.4 Å². The molecule has 1 aromatic carbocycles. The zero-order valence-corrected chi connectivity index (χ0v) is 11.7. The van der Waals surface area contributed by atoms with E-state index >= 15 is 0 Å². The number of sulfonamides is 1. The molecular weight excluding hydrogens is 286 g/mol. The Hall–Kier alpha value is -1.66. The molecule has 2 aromatic rings. The summed E-state index contributed by atoms with van der Waals surface area (Å²) >= 11 is 5.67. The second kappa shape index (κ2) is 5.54. The summed E-state index contributed by atoms with van der Waals surface area (Å²) in [5.41, 5.74) is 1.07. The quantitative estimate of drug-likeness (QED) is 0.880. The number of aryl methyl sites for hydroxylation is 1. The summed E-state index contributed by atoms with van der Waals surface area (Å²) in [4.78, 5) is 7.74. The maximum absolute atomic E-state index is 12.1. The normalized spacial score (nSPS) is 11.3. The molecule has 1 N–H and O–H groups in total. The maximum atomic E-state index is 12.1. The van der Waals surface area contributed by atoms with Crippen molar-refractivity contribution in [1.29, 1.82) is 0 Å². The second-order valence-corrected chi connectivity index (χ2v) is 5.88. The average molecular weight is 298 g/mol. The van der Waals surface area contributed by atoms with Crippen LogP contribution in [0.1, 0.15) is 12.5 Å². The lowest BCUT2D eigenvalue weighted by molar-refractivity contribution is 0.601. The Morgan fingerprint density at radius 2 is 1.89 bits per heavy atom. The van der Waals surface area contributed by atoms with Crippen LogP contribution in [-0.4, -0.2) is 18.4 Å². The molecular formula is C12H12ClN3O2S. The zero-order chi connectivity index (χ0) is 13.9. The highest BCUT2D eigenvalue weighted by Crippen LogP contribution is 2.15. The Morgan fingerprint density at radius 1 is 1.21 bits per heavy atom. The van der Waals surface area contributed by atoms with Gasteiger partial charge in [0, 0.05) is 6.20 Å². The molecule has 0 atom stereocenters. The van der Waals surface area contributed by atoms with Crippen LogP contribution in [0.3, 0.4) is 0 Å². The van der Waals surface area contributed by atoms with Crippen LogP contribution in [0.2, 0.25) is 5.15 Å². The van der Waals surface area contributed by atoms with Crippen LogP contribution in [-0.2, 0) is 16.4 Å². The number of nitrogens with zero attached hydrogens (tertiary/aromatic N) is 2. The van der Waals surface area contributed by atoms with Crippen LogP contribution in [0.4, 0.5) is 5.95 Å². The molecule has 0 fully saturated rings. The molecule has 0 unspecified atom stereocenters. The van der Waals surface area contributed by atoms with Crippen molar-refractivity contribution in [1.82, 2.24) is 9.97 Å². The van der Waals surface area contributed by atoms with Gasteiger partial charge in [-0.25, -0.2) is 23.1 Å². The number of rotatable bonds is 4. The van der Waals surface area contributed by atoms with Crippen molar-refractivity contribution >= 4 is 27.6 Å². The molecule has 0 aliphatic heterocycles. The van der Waals surface area contributed by atoms with E-state index in [1.807, 2.05) is 6.92 Å². The van der Waals surface area contributed by atoms with Crippen molar-refractivity contribution < 1.29 is 8.42 Å². The molecule has 0 saturated carbocycles. The lowest BCUT2D eigenvalue weighted by Crippen LogP contribution is -2.15. The third-order valence-corrected chi connectivity index (χ3v) is 4.04. The van der Waals surface area contributed by atoms with Crippen LogP contribution in [0.25, 0.3) is 0 Å². The highest BCUT2D eigenvalue weighted by molar-refractivity contribution is 7.92. The van der Waals surface area contributed by atoms with Crippen LogP contribution in [0.5, 0.6) is 0 Å². The Kier molecular flexibility index (Phi) is 4.01. The predicted molar refractivity (Wildman–Crippen MR) is 73.7 cm³/mol. The van der Waals surface area contributed by atoms with Crippen molar-refractivity contribution in [3.63, 3.8) is 0 Å². The fourth-order valence-corrected chi connectivity index (χ4v) is 2.56. The highest BCUT2D eigenvalue weighted by Gasteiger charge is 2.15. The first-order valence-electron chi connectivity index (χ1n) is 5.61. The topological polar surface area (TPSA) is 72.0 Å². The van der Waals surface area contributed by atoms with E-state index in [0.717, 1.165) is 12.0 Å². The van der Waals surface area contributed by atoms with Gasteiger partial charge in [-0.05, 0) is 30.2 Å². The third kappa shape index (κ3) is 3.42. The highest BCUT2D eigenvalue weighted by atomic mass is 35.5. The largest absolute Gasteiger partial charge is 0.264 e. The minimum absolute atomic E-state index is 0.0490. The Bertz CT molecular complexity index is 672. The first-order valence-corrected chi connectivity index (χ1v) is 7.47. The molecule has 1 aromatic heterocycles. The minimum atomic E-state index is -3.69. The van der Waals surface area contributed by atoms with Gasteiger partial charge in [-0.2, -0.15) is 0 Å². The molecule has 0 radical (unpaired) electrons. The third-order valence-electron chi connectivity index (χ3n) is 2.49. The standard InChI is InChI=1S/C12H12ClN3O2S/c1-2-9-3-5-10(6-4-9)19(17,18)16-12-14-8-7-11(13)15-12/h3-8H,2H2,1H3,(H,14,15,16). The van der Waals surface area contributed by atoms with Crippen molar-refractivity contribution in [2.45, 2.75) is 18.2 Å². The lowest BCUT2D eigenvalue weighted by atomic mass is 10.2. The molecule has 0 aliphatic rings. The summed E-state index contributed by atoms with van der Waals surface area (Å²) in [6.07, 6.45) is 2.23. The summed E-state index contributed by atoms with van der Waals surface area (Å²) in [6.45, 7) is 2.00. The summed E-state index contributed by atoms with van der Waals surface area (Å²) in [6, 6.07) is 8.10. The van der Waals surface area contributed by atoms with Crippen LogP contribution < -0.4 is 4.72 Å². The number of aromatic nitrogens is 2. The molecule has 5 nitrogen and oxygen atoms in total. The number of halogens is 1. The summed E-state index contributed by atoms with van der Waals surface area (Å²) in [5.74, 6) is -0.0490. The fraction of sp³-hybridized carbons (Fsp3) is 0.167. The van der Waals surface area contributed by atoms with Gasteiger partial charge in [0.1, 0.15) is 5.15 Å². The van der Waals surface area contributed by atoms with Gasteiger partial charge >= 0.3 is 0 Å². The second-order valence-electron chi connectivity index (χ2n) is 3.81. The Balaban J connectivity index is 2.27.